The summed E-state index contributed by atoms with van der Waals surface area (Å²) in [6, 6.07) is 2.27. The molecule has 1 aromatic heterocycles. The van der Waals surface area contributed by atoms with E-state index in [0.29, 0.717) is 25.3 Å². The van der Waals surface area contributed by atoms with Gasteiger partial charge in [0.05, 0.1) is 29.1 Å². The minimum atomic E-state index is -1.14. The number of fused-ring (bicyclic) bond motifs is 2. The maximum Gasteiger partial charge on any atom is 0.269 e. The number of halogens is 1. The number of hydrogen-bond donors (Lipinski definition) is 3. The van der Waals surface area contributed by atoms with Gasteiger partial charge in [-0.25, -0.2) is 4.39 Å². The quantitative estimate of drug-likeness (QED) is 0.463. The number of carbonyl (C=O) groups excluding carboxylic acids is 5. The number of amides is 5. The molecule has 4 unspecified atom stereocenters. The second kappa shape index (κ2) is 8.40. The predicted octanol–water partition coefficient (Wildman–Crippen LogP) is -0.487. The van der Waals surface area contributed by atoms with Crippen LogP contribution in [0.1, 0.15) is 55.7 Å². The van der Waals surface area contributed by atoms with Crippen LogP contribution in [0.4, 0.5) is 10.1 Å². The van der Waals surface area contributed by atoms with Crippen molar-refractivity contribution in [1.29, 1.82) is 0 Å². The van der Waals surface area contributed by atoms with Gasteiger partial charge in [0.25, 0.3) is 17.7 Å². The molecule has 4 aliphatic rings. The number of carbonyl (C=O) groups is 5. The Bertz CT molecular complexity index is 1400. The molecule has 37 heavy (non-hydrogen) atoms. The van der Waals surface area contributed by atoms with Crippen molar-refractivity contribution in [2.75, 3.05) is 24.5 Å². The standard InChI is InChI=1S/C24H22FN7O5/c25-16-5-13-12(23(36)32(24(13)37)18-1-2-19(33)29-22(18)35)4-14(16)20-15-8-27-6-10(15)9-31(20)11-3-17(21(26)34)30-28-7-11/h3-5,7,10,15,18,20,27H,1-2,6,8-9H2,(H2,26,34)(H,29,33,35). The highest BCUT2D eigenvalue weighted by molar-refractivity contribution is 6.23. The fraction of sp³-hybridized carbons (Fsp3) is 0.375. The van der Waals surface area contributed by atoms with Crippen molar-refractivity contribution in [2.45, 2.75) is 24.9 Å². The Hall–Kier alpha value is -4.26. The van der Waals surface area contributed by atoms with Crippen LogP contribution in [0.15, 0.2) is 24.4 Å². The lowest BCUT2D eigenvalue weighted by molar-refractivity contribution is -0.136. The lowest BCUT2D eigenvalue weighted by atomic mass is 9.88. The van der Waals surface area contributed by atoms with Gasteiger partial charge in [-0.3, -0.25) is 34.2 Å². The van der Waals surface area contributed by atoms with Crippen molar-refractivity contribution in [1.82, 2.24) is 25.7 Å². The van der Waals surface area contributed by atoms with Crippen LogP contribution in [0.25, 0.3) is 0 Å². The first-order chi connectivity index (χ1) is 17.7. The van der Waals surface area contributed by atoms with E-state index in [9.17, 15) is 24.0 Å². The molecule has 4 aliphatic heterocycles. The number of imide groups is 2. The molecule has 190 valence electrons. The van der Waals surface area contributed by atoms with Gasteiger partial charge in [0.15, 0.2) is 5.69 Å². The summed E-state index contributed by atoms with van der Waals surface area (Å²) in [5.41, 5.74) is 5.99. The van der Waals surface area contributed by atoms with Gasteiger partial charge in [-0.15, -0.1) is 5.10 Å². The topological polar surface area (TPSA) is 168 Å². The van der Waals surface area contributed by atoms with Gasteiger partial charge in [-0.05, 0) is 30.5 Å². The summed E-state index contributed by atoms with van der Waals surface area (Å²) < 4.78 is 15.7. The zero-order chi connectivity index (χ0) is 26.0. The Balaban J connectivity index is 1.40. The Kier molecular flexibility index (Phi) is 5.26. The molecule has 6 rings (SSSR count). The molecule has 0 spiro atoms. The number of hydrogen-bond acceptors (Lipinski definition) is 9. The molecule has 0 radical (unpaired) electrons. The van der Waals surface area contributed by atoms with Gasteiger partial charge in [-0.1, -0.05) is 0 Å². The number of nitrogens with one attached hydrogen (secondary N) is 2. The smallest absolute Gasteiger partial charge is 0.269 e. The number of benzene rings is 1. The third-order valence-electron chi connectivity index (χ3n) is 7.66. The van der Waals surface area contributed by atoms with Gasteiger partial charge in [0, 0.05) is 37.5 Å². The SMILES string of the molecule is NC(=O)c1cc(N2CC3CNCC3C2c2cc3c(cc2F)C(=O)N(C2CCC(=O)NC2=O)C3=O)cnn1. The molecular formula is C24H22FN7O5. The van der Waals surface area contributed by atoms with Crippen LogP contribution in [0, 0.1) is 17.7 Å². The fourth-order valence-electron chi connectivity index (χ4n) is 5.95. The number of primary amides is 1. The molecule has 5 amide bonds. The molecule has 4 N–H and O–H groups in total. The number of rotatable bonds is 4. The second-order valence-electron chi connectivity index (χ2n) is 9.71. The molecule has 13 heteroatoms. The molecule has 3 fully saturated rings. The number of nitrogens with two attached hydrogens (primary N) is 1. The van der Waals surface area contributed by atoms with Gasteiger partial charge in [0.1, 0.15) is 11.9 Å². The van der Waals surface area contributed by atoms with Crippen LogP contribution < -0.4 is 21.3 Å². The molecule has 0 saturated carbocycles. The lowest BCUT2D eigenvalue weighted by Gasteiger charge is -2.30. The van der Waals surface area contributed by atoms with E-state index in [1.165, 1.54) is 18.3 Å². The predicted molar refractivity (Wildman–Crippen MR) is 124 cm³/mol. The van der Waals surface area contributed by atoms with E-state index in [1.54, 1.807) is 0 Å². The van der Waals surface area contributed by atoms with E-state index >= 15 is 4.39 Å². The van der Waals surface area contributed by atoms with E-state index in [0.717, 1.165) is 11.0 Å². The zero-order valence-corrected chi connectivity index (χ0v) is 19.4. The van der Waals surface area contributed by atoms with Gasteiger partial charge in [-0.2, -0.15) is 5.10 Å². The third kappa shape index (κ3) is 3.56. The molecule has 2 aromatic rings. The lowest BCUT2D eigenvalue weighted by Crippen LogP contribution is -2.54. The van der Waals surface area contributed by atoms with E-state index in [1.807, 2.05) is 4.90 Å². The van der Waals surface area contributed by atoms with Crippen molar-refractivity contribution in [2.24, 2.45) is 17.6 Å². The molecule has 0 aliphatic carbocycles. The van der Waals surface area contributed by atoms with Crippen LogP contribution in [0.3, 0.4) is 0 Å². The fourth-order valence-corrected chi connectivity index (χ4v) is 5.95. The Labute approximate surface area is 209 Å². The minimum Gasteiger partial charge on any atom is -0.364 e. The van der Waals surface area contributed by atoms with Crippen molar-refractivity contribution in [3.63, 3.8) is 0 Å². The molecule has 12 nitrogen and oxygen atoms in total. The average Bonchev–Trinajstić information content (AvgIpc) is 3.52. The molecule has 1 aromatic carbocycles. The summed E-state index contributed by atoms with van der Waals surface area (Å²) in [6.07, 6.45) is 1.47. The maximum absolute atomic E-state index is 15.7. The Morgan fingerprint density at radius 3 is 2.57 bits per heavy atom. The van der Waals surface area contributed by atoms with E-state index < -0.39 is 47.4 Å². The molecular weight excluding hydrogens is 485 g/mol. The summed E-state index contributed by atoms with van der Waals surface area (Å²) in [5, 5.41) is 13.1. The summed E-state index contributed by atoms with van der Waals surface area (Å²) in [5.74, 6) is -3.94. The number of nitrogens with zero attached hydrogens (tertiary/aromatic N) is 4. The molecule has 4 atom stereocenters. The first-order valence-corrected chi connectivity index (χ1v) is 11.9. The highest BCUT2D eigenvalue weighted by Crippen LogP contribution is 2.46. The number of piperidine rings is 1. The Morgan fingerprint density at radius 2 is 1.84 bits per heavy atom. The van der Waals surface area contributed by atoms with Crippen LogP contribution >= 0.6 is 0 Å². The van der Waals surface area contributed by atoms with Crippen molar-refractivity contribution in [3.8, 4) is 0 Å². The average molecular weight is 507 g/mol. The van der Waals surface area contributed by atoms with Crippen LogP contribution in [0.2, 0.25) is 0 Å². The third-order valence-corrected chi connectivity index (χ3v) is 7.66. The highest BCUT2D eigenvalue weighted by atomic mass is 19.1. The maximum atomic E-state index is 15.7. The van der Waals surface area contributed by atoms with Crippen LogP contribution in [0.5, 0.6) is 0 Å². The van der Waals surface area contributed by atoms with Crippen molar-refractivity contribution in [3.05, 3.63) is 52.6 Å². The first-order valence-electron chi connectivity index (χ1n) is 11.9. The van der Waals surface area contributed by atoms with E-state index in [4.69, 9.17) is 5.73 Å². The zero-order valence-electron chi connectivity index (χ0n) is 19.4. The highest BCUT2D eigenvalue weighted by Gasteiger charge is 2.49. The first kappa shape index (κ1) is 23.2. The minimum absolute atomic E-state index is 0.00568. The Morgan fingerprint density at radius 1 is 1.08 bits per heavy atom. The summed E-state index contributed by atoms with van der Waals surface area (Å²) in [6.45, 7) is 1.86. The van der Waals surface area contributed by atoms with Gasteiger partial charge >= 0.3 is 0 Å². The summed E-state index contributed by atoms with van der Waals surface area (Å²) in [7, 11) is 0. The number of aromatic nitrogens is 2. The summed E-state index contributed by atoms with van der Waals surface area (Å²) in [4.78, 5) is 64.7. The van der Waals surface area contributed by atoms with Crippen LogP contribution in [-0.4, -0.2) is 70.3 Å². The van der Waals surface area contributed by atoms with Crippen LogP contribution in [-0.2, 0) is 9.59 Å². The molecule has 0 bridgehead atoms. The summed E-state index contributed by atoms with van der Waals surface area (Å²) >= 11 is 0. The van der Waals surface area contributed by atoms with Gasteiger partial charge < -0.3 is 16.0 Å². The van der Waals surface area contributed by atoms with Gasteiger partial charge in [0.2, 0.25) is 11.8 Å². The monoisotopic (exact) mass is 507 g/mol. The largest absolute Gasteiger partial charge is 0.364 e. The van der Waals surface area contributed by atoms with Crippen molar-refractivity contribution >= 4 is 35.2 Å². The number of anilines is 1. The van der Waals surface area contributed by atoms with E-state index in [2.05, 4.69) is 20.8 Å². The van der Waals surface area contributed by atoms with Crippen molar-refractivity contribution < 1.29 is 28.4 Å². The molecule has 3 saturated heterocycles. The second-order valence-corrected chi connectivity index (χ2v) is 9.71. The normalized spacial score (nSPS) is 26.9. The van der Waals surface area contributed by atoms with E-state index in [-0.39, 0.29) is 47.1 Å². The molecule has 5 heterocycles.